The molecule has 0 saturated heterocycles. The van der Waals surface area contributed by atoms with Gasteiger partial charge in [0.25, 0.3) is 0 Å². The van der Waals surface area contributed by atoms with Gasteiger partial charge in [-0.3, -0.25) is 4.21 Å². The molecule has 0 bridgehead atoms. The molecule has 0 aromatic heterocycles. The molecule has 0 radical (unpaired) electrons. The van der Waals surface area contributed by atoms with Gasteiger partial charge in [-0.2, -0.15) is 0 Å². The Morgan fingerprint density at radius 3 is 2.26 bits per heavy atom. The topological polar surface area (TPSA) is 29.1 Å². The zero-order valence-electron chi connectivity index (χ0n) is 12.8. The van der Waals surface area contributed by atoms with E-state index in [1.54, 1.807) is 0 Å². The molecule has 1 aromatic rings. The van der Waals surface area contributed by atoms with E-state index in [2.05, 4.69) is 33.0 Å². The molecule has 1 aromatic carbocycles. The quantitative estimate of drug-likeness (QED) is 0.864. The maximum Gasteiger partial charge on any atom is 0.0545 e. The molecule has 2 nitrogen and oxygen atoms in total. The molecule has 1 rings (SSSR count). The van der Waals surface area contributed by atoms with Crippen LogP contribution in [0, 0.1) is 12.3 Å². The molecule has 0 spiro atoms. The molecule has 19 heavy (non-hydrogen) atoms. The molecule has 2 unspecified atom stereocenters. The Kier molecular flexibility index (Phi) is 6.21. The normalized spacial score (nSPS) is 15.2. The summed E-state index contributed by atoms with van der Waals surface area (Å²) in [5.74, 6) is 0.673. The van der Waals surface area contributed by atoms with Crippen molar-refractivity contribution in [2.24, 2.45) is 5.41 Å². The maximum atomic E-state index is 12.4. The Morgan fingerprint density at radius 1 is 1.21 bits per heavy atom. The van der Waals surface area contributed by atoms with Crippen LogP contribution < -0.4 is 5.32 Å². The van der Waals surface area contributed by atoms with Gasteiger partial charge in [-0.05, 0) is 37.4 Å². The Morgan fingerprint density at radius 2 is 1.79 bits per heavy atom. The van der Waals surface area contributed by atoms with Crippen LogP contribution in [0.15, 0.2) is 29.2 Å². The number of aryl methyl sites for hydroxylation is 1. The summed E-state index contributed by atoms with van der Waals surface area (Å²) in [5.41, 5.74) is 1.33. The Bertz CT molecular complexity index is 406. The first kappa shape index (κ1) is 16.4. The van der Waals surface area contributed by atoms with E-state index in [1.807, 2.05) is 31.2 Å². The minimum Gasteiger partial charge on any atom is -0.313 e. The van der Waals surface area contributed by atoms with Gasteiger partial charge in [0.2, 0.25) is 0 Å². The number of hydrogen-bond acceptors (Lipinski definition) is 2. The molecule has 0 aliphatic rings. The Labute approximate surface area is 120 Å². The van der Waals surface area contributed by atoms with Crippen molar-refractivity contribution in [3.63, 3.8) is 0 Å². The van der Waals surface area contributed by atoms with Crippen LogP contribution in [0.4, 0.5) is 0 Å². The first-order valence-electron chi connectivity index (χ1n) is 7.03. The summed E-state index contributed by atoms with van der Waals surface area (Å²) in [4.78, 5) is 0.929. The molecule has 3 heteroatoms. The molecule has 108 valence electrons. The molecule has 0 saturated carbocycles. The van der Waals surface area contributed by atoms with Crippen LogP contribution in [0.3, 0.4) is 0 Å². The van der Waals surface area contributed by atoms with E-state index >= 15 is 0 Å². The highest BCUT2D eigenvalue weighted by Gasteiger charge is 2.26. The number of hydrogen-bond donors (Lipinski definition) is 1. The van der Waals surface area contributed by atoms with E-state index in [1.165, 1.54) is 5.56 Å². The smallest absolute Gasteiger partial charge is 0.0545 e. The van der Waals surface area contributed by atoms with Crippen molar-refractivity contribution in [1.29, 1.82) is 0 Å². The fraction of sp³-hybridized carbons (Fsp3) is 0.625. The number of benzene rings is 1. The second-order valence-electron chi connectivity index (χ2n) is 6.20. The first-order chi connectivity index (χ1) is 8.84. The fourth-order valence-electron chi connectivity index (χ4n) is 1.87. The van der Waals surface area contributed by atoms with Gasteiger partial charge in [-0.25, -0.2) is 0 Å². The highest BCUT2D eigenvalue weighted by molar-refractivity contribution is 7.85. The fourth-order valence-corrected chi connectivity index (χ4v) is 3.42. The highest BCUT2D eigenvalue weighted by atomic mass is 32.2. The van der Waals surface area contributed by atoms with Crippen LogP contribution in [-0.2, 0) is 10.8 Å². The van der Waals surface area contributed by atoms with Crippen molar-refractivity contribution in [1.82, 2.24) is 5.32 Å². The van der Waals surface area contributed by atoms with Gasteiger partial charge in [0.1, 0.15) is 0 Å². The average molecular weight is 281 g/mol. The number of nitrogens with one attached hydrogen (secondary N) is 1. The summed E-state index contributed by atoms with van der Waals surface area (Å²) >= 11 is 0. The van der Waals surface area contributed by atoms with Gasteiger partial charge in [-0.15, -0.1) is 0 Å². The van der Waals surface area contributed by atoms with Crippen LogP contribution >= 0.6 is 0 Å². The maximum absolute atomic E-state index is 12.4. The largest absolute Gasteiger partial charge is 0.313 e. The predicted molar refractivity (Wildman–Crippen MR) is 84.0 cm³/mol. The standard InChI is InChI=1S/C16H27NOS/c1-6-11-17-15(16(3,4)5)12-19(18)14-9-7-13(2)8-10-14/h7-10,15,17H,6,11-12H2,1-5H3. The second-order valence-corrected chi connectivity index (χ2v) is 7.69. The van der Waals surface area contributed by atoms with E-state index in [0.717, 1.165) is 17.9 Å². The minimum atomic E-state index is -0.934. The van der Waals surface area contributed by atoms with Gasteiger partial charge in [-0.1, -0.05) is 45.4 Å². The zero-order valence-corrected chi connectivity index (χ0v) is 13.6. The third kappa shape index (κ3) is 5.45. The Balaban J connectivity index is 2.73. The van der Waals surface area contributed by atoms with Gasteiger partial charge < -0.3 is 5.32 Å². The Hall–Kier alpha value is -0.670. The SMILES string of the molecule is CCCNC(CS(=O)c1ccc(C)cc1)C(C)(C)C. The van der Waals surface area contributed by atoms with Gasteiger partial charge in [0.15, 0.2) is 0 Å². The second kappa shape index (κ2) is 7.20. The number of rotatable bonds is 6. The predicted octanol–water partition coefficient (Wildman–Crippen LogP) is 3.52. The van der Waals surface area contributed by atoms with Crippen molar-refractivity contribution in [3.8, 4) is 0 Å². The zero-order chi connectivity index (χ0) is 14.5. The summed E-state index contributed by atoms with van der Waals surface area (Å²) in [7, 11) is -0.934. The third-order valence-corrected chi connectivity index (χ3v) is 4.72. The summed E-state index contributed by atoms with van der Waals surface area (Å²) in [6, 6.07) is 8.28. The van der Waals surface area contributed by atoms with E-state index in [9.17, 15) is 4.21 Å². The van der Waals surface area contributed by atoms with Crippen molar-refractivity contribution in [2.45, 2.75) is 52.0 Å². The van der Waals surface area contributed by atoms with Crippen molar-refractivity contribution in [2.75, 3.05) is 12.3 Å². The van der Waals surface area contributed by atoms with E-state index in [-0.39, 0.29) is 11.5 Å². The lowest BCUT2D eigenvalue weighted by Gasteiger charge is -2.31. The van der Waals surface area contributed by atoms with Crippen molar-refractivity contribution < 1.29 is 4.21 Å². The average Bonchev–Trinajstić information content (AvgIpc) is 2.33. The van der Waals surface area contributed by atoms with Crippen molar-refractivity contribution >= 4 is 10.8 Å². The molecule has 0 heterocycles. The van der Waals surface area contributed by atoms with E-state index in [0.29, 0.717) is 5.75 Å². The van der Waals surface area contributed by atoms with Gasteiger partial charge in [0.05, 0.1) is 10.8 Å². The van der Waals surface area contributed by atoms with E-state index in [4.69, 9.17) is 0 Å². The first-order valence-corrected chi connectivity index (χ1v) is 8.35. The summed E-state index contributed by atoms with van der Waals surface area (Å²) in [6.45, 7) is 11.8. The lowest BCUT2D eigenvalue weighted by molar-refractivity contribution is 0.290. The van der Waals surface area contributed by atoms with Crippen LogP contribution in [0.25, 0.3) is 0 Å². The summed E-state index contributed by atoms with van der Waals surface area (Å²) < 4.78 is 12.4. The molecular formula is C16H27NOS. The lowest BCUT2D eigenvalue weighted by Crippen LogP contribution is -2.44. The molecule has 0 aliphatic carbocycles. The minimum absolute atomic E-state index is 0.121. The van der Waals surface area contributed by atoms with Crippen LogP contribution in [0.2, 0.25) is 0 Å². The van der Waals surface area contributed by atoms with Gasteiger partial charge in [0, 0.05) is 16.7 Å². The highest BCUT2D eigenvalue weighted by Crippen LogP contribution is 2.22. The van der Waals surface area contributed by atoms with E-state index < -0.39 is 10.8 Å². The molecule has 0 fully saturated rings. The monoisotopic (exact) mass is 281 g/mol. The molecule has 0 aliphatic heterocycles. The molecule has 0 amide bonds. The van der Waals surface area contributed by atoms with Crippen LogP contribution in [0.1, 0.15) is 39.7 Å². The molecular weight excluding hydrogens is 254 g/mol. The molecule has 1 N–H and O–H groups in total. The summed E-state index contributed by atoms with van der Waals surface area (Å²) in [6.07, 6.45) is 1.10. The summed E-state index contributed by atoms with van der Waals surface area (Å²) in [5, 5.41) is 3.53. The third-order valence-electron chi connectivity index (χ3n) is 3.29. The van der Waals surface area contributed by atoms with Crippen LogP contribution in [-0.4, -0.2) is 22.5 Å². The lowest BCUT2D eigenvalue weighted by atomic mass is 9.88. The van der Waals surface area contributed by atoms with Crippen molar-refractivity contribution in [3.05, 3.63) is 29.8 Å². The molecule has 2 atom stereocenters. The van der Waals surface area contributed by atoms with Crippen LogP contribution in [0.5, 0.6) is 0 Å². The van der Waals surface area contributed by atoms with Gasteiger partial charge >= 0.3 is 0 Å².